The average Bonchev–Trinajstić information content (AvgIpc) is 3.12. The van der Waals surface area contributed by atoms with E-state index in [4.69, 9.17) is 9.57 Å². The summed E-state index contributed by atoms with van der Waals surface area (Å²) in [4.78, 5) is 42.6. The molecular weight excluding hydrogens is 372 g/mol. The van der Waals surface area contributed by atoms with E-state index in [1.54, 1.807) is 31.4 Å². The summed E-state index contributed by atoms with van der Waals surface area (Å²) in [6.45, 7) is 5.28. The highest BCUT2D eigenvalue weighted by Crippen LogP contribution is 2.28. The summed E-state index contributed by atoms with van der Waals surface area (Å²) < 4.78 is 7.31. The molecule has 0 bridgehead atoms. The molecule has 0 aliphatic carbocycles. The number of carbonyl (C=O) groups is 3. The molecule has 0 N–H and O–H groups in total. The van der Waals surface area contributed by atoms with Gasteiger partial charge in [0.1, 0.15) is 0 Å². The third kappa shape index (κ3) is 3.00. The van der Waals surface area contributed by atoms with Gasteiger partial charge in [-0.3, -0.25) is 9.59 Å². The number of nitrogens with zero attached hydrogens (tertiary/aromatic N) is 2. The molecule has 2 aromatic carbocycles. The number of imide groups is 1. The van der Waals surface area contributed by atoms with Gasteiger partial charge in [0, 0.05) is 30.3 Å². The Morgan fingerprint density at radius 1 is 1.00 bits per heavy atom. The van der Waals surface area contributed by atoms with Gasteiger partial charge in [-0.2, -0.15) is 0 Å². The lowest BCUT2D eigenvalue weighted by molar-refractivity contribution is -0.0584. The number of ether oxygens (including phenoxy) is 1. The van der Waals surface area contributed by atoms with Gasteiger partial charge >= 0.3 is 5.97 Å². The SMILES string of the molecule is COCCn1c(C)c(C)c2cc(C(=O)ON3C(=O)c4ccccc4C3=O)ccc21. The first-order valence-electron chi connectivity index (χ1n) is 9.22. The second kappa shape index (κ2) is 7.18. The van der Waals surface area contributed by atoms with E-state index in [0.29, 0.717) is 18.2 Å². The summed E-state index contributed by atoms with van der Waals surface area (Å²) in [5.74, 6) is -2.04. The van der Waals surface area contributed by atoms with Gasteiger partial charge in [-0.15, -0.1) is 0 Å². The Hall–Kier alpha value is -3.45. The van der Waals surface area contributed by atoms with Gasteiger partial charge in [0.05, 0.1) is 23.3 Å². The van der Waals surface area contributed by atoms with Gasteiger partial charge < -0.3 is 14.1 Å². The lowest BCUT2D eigenvalue weighted by Gasteiger charge is -2.13. The van der Waals surface area contributed by atoms with Gasteiger partial charge in [0.15, 0.2) is 0 Å². The van der Waals surface area contributed by atoms with Crippen molar-refractivity contribution in [1.82, 2.24) is 9.63 Å². The number of fused-ring (bicyclic) bond motifs is 2. The number of rotatable bonds is 5. The third-order valence-corrected chi connectivity index (χ3v) is 5.32. The van der Waals surface area contributed by atoms with Crippen LogP contribution in [0.15, 0.2) is 42.5 Å². The Labute approximate surface area is 167 Å². The normalized spacial score (nSPS) is 13.3. The molecule has 0 unspecified atom stereocenters. The fraction of sp³-hybridized carbons (Fsp3) is 0.227. The smallest absolute Gasteiger partial charge is 0.363 e. The highest BCUT2D eigenvalue weighted by Gasteiger charge is 2.38. The molecule has 7 heteroatoms. The maximum Gasteiger partial charge on any atom is 0.363 e. The lowest BCUT2D eigenvalue weighted by Crippen LogP contribution is -2.32. The van der Waals surface area contributed by atoms with Crippen LogP contribution in [0.1, 0.15) is 42.3 Å². The first-order chi connectivity index (χ1) is 13.9. The Morgan fingerprint density at radius 2 is 1.66 bits per heavy atom. The Bertz CT molecular complexity index is 1130. The number of methoxy groups -OCH3 is 1. The molecule has 0 saturated heterocycles. The molecule has 0 radical (unpaired) electrons. The number of benzene rings is 2. The largest absolute Gasteiger partial charge is 0.383 e. The number of hydrogen-bond donors (Lipinski definition) is 0. The molecule has 0 fully saturated rings. The minimum absolute atomic E-state index is 0.224. The summed E-state index contributed by atoms with van der Waals surface area (Å²) in [6.07, 6.45) is 0. The second-order valence-electron chi connectivity index (χ2n) is 6.92. The summed E-state index contributed by atoms with van der Waals surface area (Å²) in [5, 5.41) is 1.44. The molecule has 3 aromatic rings. The third-order valence-electron chi connectivity index (χ3n) is 5.32. The van der Waals surface area contributed by atoms with E-state index in [-0.39, 0.29) is 16.7 Å². The van der Waals surface area contributed by atoms with E-state index in [1.165, 1.54) is 12.1 Å². The number of carbonyl (C=O) groups excluding carboxylic acids is 3. The van der Waals surface area contributed by atoms with Crippen LogP contribution in [0.5, 0.6) is 0 Å². The van der Waals surface area contributed by atoms with Crippen molar-refractivity contribution in [2.75, 3.05) is 13.7 Å². The minimum atomic E-state index is -0.761. The van der Waals surface area contributed by atoms with Crippen LogP contribution < -0.4 is 0 Å². The fourth-order valence-corrected chi connectivity index (χ4v) is 3.63. The van der Waals surface area contributed by atoms with Crippen LogP contribution in [-0.2, 0) is 16.1 Å². The summed E-state index contributed by atoms with van der Waals surface area (Å²) in [7, 11) is 1.65. The number of hydroxylamine groups is 2. The van der Waals surface area contributed by atoms with Crippen molar-refractivity contribution in [1.29, 1.82) is 0 Å². The summed E-state index contributed by atoms with van der Waals surface area (Å²) in [6, 6.07) is 11.6. The molecular formula is C22H20N2O5. The van der Waals surface area contributed by atoms with Crippen LogP contribution in [0.3, 0.4) is 0 Å². The van der Waals surface area contributed by atoms with E-state index in [0.717, 1.165) is 22.2 Å². The Kier molecular flexibility index (Phi) is 4.68. The van der Waals surface area contributed by atoms with E-state index >= 15 is 0 Å². The molecule has 1 aliphatic heterocycles. The van der Waals surface area contributed by atoms with Crippen LogP contribution in [0.4, 0.5) is 0 Å². The molecule has 0 spiro atoms. The maximum absolute atomic E-state index is 12.7. The first-order valence-corrected chi connectivity index (χ1v) is 9.22. The molecule has 4 rings (SSSR count). The Balaban J connectivity index is 1.62. The van der Waals surface area contributed by atoms with Gasteiger partial charge in [-0.05, 0) is 49.7 Å². The number of aromatic nitrogens is 1. The van der Waals surface area contributed by atoms with Crippen molar-refractivity contribution in [2.45, 2.75) is 20.4 Å². The van der Waals surface area contributed by atoms with Gasteiger partial charge in [-0.25, -0.2) is 4.79 Å². The summed E-state index contributed by atoms with van der Waals surface area (Å²) in [5.41, 5.74) is 3.83. The fourth-order valence-electron chi connectivity index (χ4n) is 3.63. The van der Waals surface area contributed by atoms with Crippen molar-refractivity contribution in [3.63, 3.8) is 0 Å². The first kappa shape index (κ1) is 18.9. The highest BCUT2D eigenvalue weighted by atomic mass is 16.7. The zero-order valence-electron chi connectivity index (χ0n) is 16.4. The Morgan fingerprint density at radius 3 is 2.28 bits per heavy atom. The molecule has 29 heavy (non-hydrogen) atoms. The van der Waals surface area contributed by atoms with Crippen LogP contribution in [-0.4, -0.2) is 41.1 Å². The zero-order valence-corrected chi connectivity index (χ0v) is 16.4. The number of amides is 2. The van der Waals surface area contributed by atoms with Gasteiger partial charge in [0.25, 0.3) is 11.8 Å². The molecule has 1 aliphatic rings. The van der Waals surface area contributed by atoms with Crippen LogP contribution >= 0.6 is 0 Å². The van der Waals surface area contributed by atoms with Crippen LogP contribution in [0.2, 0.25) is 0 Å². The molecule has 2 amide bonds. The lowest BCUT2D eigenvalue weighted by atomic mass is 10.1. The molecule has 0 saturated carbocycles. The predicted octanol–water partition coefficient (Wildman–Crippen LogP) is 3.27. The molecule has 7 nitrogen and oxygen atoms in total. The predicted molar refractivity (Wildman–Crippen MR) is 106 cm³/mol. The second-order valence-corrected chi connectivity index (χ2v) is 6.92. The van der Waals surface area contributed by atoms with Gasteiger partial charge in [-0.1, -0.05) is 17.2 Å². The molecule has 148 valence electrons. The van der Waals surface area contributed by atoms with Crippen molar-refractivity contribution >= 4 is 28.7 Å². The van der Waals surface area contributed by atoms with Gasteiger partial charge in [0.2, 0.25) is 0 Å². The van der Waals surface area contributed by atoms with E-state index in [9.17, 15) is 14.4 Å². The molecule has 2 heterocycles. The van der Waals surface area contributed by atoms with E-state index in [1.807, 2.05) is 19.9 Å². The van der Waals surface area contributed by atoms with Crippen molar-refractivity contribution < 1.29 is 24.0 Å². The van der Waals surface area contributed by atoms with Crippen LogP contribution in [0, 0.1) is 13.8 Å². The number of hydrogen-bond acceptors (Lipinski definition) is 5. The maximum atomic E-state index is 12.7. The minimum Gasteiger partial charge on any atom is -0.383 e. The van der Waals surface area contributed by atoms with Crippen molar-refractivity contribution in [3.8, 4) is 0 Å². The molecule has 0 atom stereocenters. The average molecular weight is 392 g/mol. The van der Waals surface area contributed by atoms with Crippen molar-refractivity contribution in [2.24, 2.45) is 0 Å². The monoisotopic (exact) mass is 392 g/mol. The molecule has 1 aromatic heterocycles. The van der Waals surface area contributed by atoms with E-state index in [2.05, 4.69) is 4.57 Å². The standard InChI is InChI=1S/C22H20N2O5/c1-13-14(2)23(10-11-28-3)19-9-8-15(12-18(13)19)22(27)29-24-20(25)16-6-4-5-7-17(16)21(24)26/h4-9,12H,10-11H2,1-3H3. The highest BCUT2D eigenvalue weighted by molar-refractivity contribution is 6.21. The van der Waals surface area contributed by atoms with Crippen molar-refractivity contribution in [3.05, 3.63) is 70.4 Å². The number of aryl methyl sites for hydroxylation is 1. The summed E-state index contributed by atoms with van der Waals surface area (Å²) >= 11 is 0. The zero-order chi connectivity index (χ0) is 20.7. The van der Waals surface area contributed by atoms with Crippen LogP contribution in [0.25, 0.3) is 10.9 Å². The topological polar surface area (TPSA) is 77.8 Å². The quantitative estimate of drug-likeness (QED) is 0.623. The van der Waals surface area contributed by atoms with E-state index < -0.39 is 17.8 Å².